The highest BCUT2D eigenvalue weighted by molar-refractivity contribution is 5.87. The van der Waals surface area contributed by atoms with Crippen LogP contribution in [0.4, 0.5) is 0 Å². The van der Waals surface area contributed by atoms with Crippen molar-refractivity contribution in [2.45, 2.75) is 74.8 Å². The van der Waals surface area contributed by atoms with Gasteiger partial charge < -0.3 is 69.6 Å². The summed E-state index contributed by atoms with van der Waals surface area (Å²) in [5.41, 5.74) is 0.914. The molecule has 4 rings (SSSR count). The summed E-state index contributed by atoms with van der Waals surface area (Å²) >= 11 is 0. The molecule has 242 valence electrons. The van der Waals surface area contributed by atoms with Crippen molar-refractivity contribution in [3.05, 3.63) is 53.6 Å². The Morgan fingerprint density at radius 3 is 2.16 bits per heavy atom. The van der Waals surface area contributed by atoms with Gasteiger partial charge in [-0.1, -0.05) is 12.1 Å². The maximum absolute atomic E-state index is 12.8. The van der Waals surface area contributed by atoms with Crippen LogP contribution in [0.15, 0.2) is 42.5 Å². The average Bonchev–Trinajstić information content (AvgIpc) is 2.99. The number of rotatable bonds is 10. The number of aromatic hydroxyl groups is 4. The molecule has 15 heteroatoms. The molecule has 2 aliphatic heterocycles. The fourth-order valence-electron chi connectivity index (χ4n) is 4.76. The monoisotopic (exact) mass is 624 g/mol. The van der Waals surface area contributed by atoms with E-state index in [-0.39, 0.29) is 30.3 Å². The Balaban J connectivity index is 1.52. The van der Waals surface area contributed by atoms with Crippen molar-refractivity contribution in [1.82, 2.24) is 0 Å². The van der Waals surface area contributed by atoms with Crippen LogP contribution in [0.5, 0.6) is 23.0 Å². The van der Waals surface area contributed by atoms with E-state index in [4.69, 9.17) is 23.7 Å². The van der Waals surface area contributed by atoms with E-state index in [1.807, 2.05) is 0 Å². The van der Waals surface area contributed by atoms with Crippen LogP contribution in [0, 0.1) is 0 Å². The van der Waals surface area contributed by atoms with Crippen LogP contribution >= 0.6 is 0 Å². The van der Waals surface area contributed by atoms with E-state index in [1.165, 1.54) is 43.3 Å². The van der Waals surface area contributed by atoms with Crippen molar-refractivity contribution in [2.24, 2.45) is 0 Å². The summed E-state index contributed by atoms with van der Waals surface area (Å²) in [4.78, 5) is 12.8. The summed E-state index contributed by atoms with van der Waals surface area (Å²) < 4.78 is 28.2. The quantitative estimate of drug-likeness (QED) is 0.0873. The third kappa shape index (κ3) is 7.76. The molecule has 2 aromatic carbocycles. The molecule has 2 saturated heterocycles. The van der Waals surface area contributed by atoms with Crippen LogP contribution in [0.3, 0.4) is 0 Å². The van der Waals surface area contributed by atoms with Crippen LogP contribution in [0.25, 0.3) is 6.08 Å². The molecular weight excluding hydrogens is 588 g/mol. The van der Waals surface area contributed by atoms with E-state index in [0.29, 0.717) is 11.1 Å². The van der Waals surface area contributed by atoms with Gasteiger partial charge in [0.15, 0.2) is 41.7 Å². The topological polar surface area (TPSA) is 245 Å². The number of carbonyl (C=O) groups is 1. The molecule has 0 aliphatic carbocycles. The number of ether oxygens (including phenoxy) is 5. The fourth-order valence-corrected chi connectivity index (χ4v) is 4.76. The molecule has 0 saturated carbocycles. The molecule has 0 radical (unpaired) electrons. The summed E-state index contributed by atoms with van der Waals surface area (Å²) in [5.74, 6) is -2.40. The Labute approximate surface area is 251 Å². The molecular formula is C29H36O15. The number of phenols is 4. The maximum atomic E-state index is 12.8. The average molecular weight is 625 g/mol. The lowest BCUT2D eigenvalue weighted by molar-refractivity contribution is -0.357. The minimum atomic E-state index is -1.77. The molecule has 0 spiro atoms. The largest absolute Gasteiger partial charge is 0.504 e. The molecule has 2 aliphatic rings. The number of hydrogen-bond acceptors (Lipinski definition) is 15. The number of hydrogen-bond donors (Lipinski definition) is 9. The fraction of sp³-hybridized carbons (Fsp3) is 0.483. The minimum absolute atomic E-state index is 0.0754. The van der Waals surface area contributed by atoms with Crippen LogP contribution in [0.2, 0.25) is 0 Å². The Kier molecular flexibility index (Phi) is 11.0. The van der Waals surface area contributed by atoms with E-state index < -0.39 is 79.7 Å². The standard InChI is InChI=1S/C29H36O15/c1-13-22(36)23(37)24(38)29(41-13)44-27-25(39)28(40-9-8-15-3-6-17(32)19(34)11-15)42-20(12-30)26(27)43-21(35)7-4-14-2-5-16(31)18(33)10-14/h2-7,10-11,13,20,22-34,36-39H,8-9,12H2,1H3/t13?,20?,22-,23-,24?,25?,26+,27-,28+,29-/m0/s1. The first kappa shape index (κ1) is 33.4. The van der Waals surface area contributed by atoms with Crippen molar-refractivity contribution in [3.8, 4) is 23.0 Å². The zero-order valence-electron chi connectivity index (χ0n) is 23.5. The third-order valence-corrected chi connectivity index (χ3v) is 7.27. The summed E-state index contributed by atoms with van der Waals surface area (Å²) in [6.07, 6.45) is -12.6. The highest BCUT2D eigenvalue weighted by atomic mass is 16.7. The molecule has 9 N–H and O–H groups in total. The Hall–Kier alpha value is -3.51. The second-order valence-electron chi connectivity index (χ2n) is 10.4. The summed E-state index contributed by atoms with van der Waals surface area (Å²) in [7, 11) is 0. The predicted octanol–water partition coefficient (Wildman–Crippen LogP) is -1.02. The molecule has 15 nitrogen and oxygen atoms in total. The highest BCUT2D eigenvalue weighted by Crippen LogP contribution is 2.32. The number of aliphatic hydroxyl groups is 5. The van der Waals surface area contributed by atoms with E-state index in [0.717, 1.165) is 6.08 Å². The number of phenolic OH excluding ortho intramolecular Hbond substituents is 4. The second-order valence-corrected chi connectivity index (χ2v) is 10.4. The summed E-state index contributed by atoms with van der Waals surface area (Å²) in [6, 6.07) is 7.98. The molecule has 2 heterocycles. The van der Waals surface area contributed by atoms with Gasteiger partial charge in [-0.3, -0.25) is 0 Å². The van der Waals surface area contributed by atoms with Crippen LogP contribution in [-0.2, 0) is 34.9 Å². The lowest BCUT2D eigenvalue weighted by atomic mass is 9.97. The predicted molar refractivity (Wildman–Crippen MR) is 147 cm³/mol. The molecule has 0 amide bonds. The summed E-state index contributed by atoms with van der Waals surface area (Å²) in [6.45, 7) is 0.606. The minimum Gasteiger partial charge on any atom is -0.504 e. The van der Waals surface area contributed by atoms with Gasteiger partial charge in [-0.2, -0.15) is 0 Å². The molecule has 4 unspecified atom stereocenters. The normalized spacial score (nSPS) is 32.5. The second kappa shape index (κ2) is 14.5. The molecule has 2 fully saturated rings. The Morgan fingerprint density at radius 1 is 0.818 bits per heavy atom. The molecule has 2 aromatic rings. The van der Waals surface area contributed by atoms with Crippen LogP contribution < -0.4 is 0 Å². The van der Waals surface area contributed by atoms with Gasteiger partial charge in [0.1, 0.15) is 36.6 Å². The maximum Gasteiger partial charge on any atom is 0.331 e. The Bertz CT molecular complexity index is 1300. The first-order chi connectivity index (χ1) is 20.9. The lowest BCUT2D eigenvalue weighted by Crippen LogP contribution is -2.65. The molecule has 0 bridgehead atoms. The SMILES string of the molecule is CC1O[C@@H](O[C@H]2C(O)[C@H](OCCc3ccc(O)c(O)c3)OC(CO)[C@H]2OC(=O)C=Cc2ccc(O)c(O)c2)C(O)[C@@H](O)[C@H]1O. The van der Waals surface area contributed by atoms with Crippen molar-refractivity contribution >= 4 is 12.0 Å². The van der Waals surface area contributed by atoms with E-state index >= 15 is 0 Å². The van der Waals surface area contributed by atoms with Gasteiger partial charge in [0.2, 0.25) is 0 Å². The number of benzene rings is 2. The third-order valence-electron chi connectivity index (χ3n) is 7.27. The lowest BCUT2D eigenvalue weighted by Gasteiger charge is -2.46. The highest BCUT2D eigenvalue weighted by Gasteiger charge is 2.52. The van der Waals surface area contributed by atoms with E-state index in [2.05, 4.69) is 0 Å². The van der Waals surface area contributed by atoms with Gasteiger partial charge in [0.25, 0.3) is 0 Å². The van der Waals surface area contributed by atoms with E-state index in [9.17, 15) is 50.8 Å². The zero-order chi connectivity index (χ0) is 32.1. The van der Waals surface area contributed by atoms with Gasteiger partial charge in [-0.25, -0.2) is 4.79 Å². The van der Waals surface area contributed by atoms with Crippen LogP contribution in [-0.4, -0.2) is 127 Å². The molecule has 0 aromatic heterocycles. The van der Waals surface area contributed by atoms with Crippen molar-refractivity contribution < 1.29 is 74.4 Å². The number of carbonyl (C=O) groups excluding carboxylic acids is 1. The first-order valence-corrected chi connectivity index (χ1v) is 13.7. The van der Waals surface area contributed by atoms with Gasteiger partial charge in [0, 0.05) is 6.08 Å². The molecule has 44 heavy (non-hydrogen) atoms. The van der Waals surface area contributed by atoms with Gasteiger partial charge in [-0.15, -0.1) is 0 Å². The zero-order valence-corrected chi connectivity index (χ0v) is 23.5. The van der Waals surface area contributed by atoms with Gasteiger partial charge in [0.05, 0.1) is 19.3 Å². The Morgan fingerprint density at radius 2 is 1.50 bits per heavy atom. The number of esters is 1. The van der Waals surface area contributed by atoms with Crippen LogP contribution in [0.1, 0.15) is 18.1 Å². The smallest absolute Gasteiger partial charge is 0.331 e. The van der Waals surface area contributed by atoms with Crippen molar-refractivity contribution in [2.75, 3.05) is 13.2 Å². The van der Waals surface area contributed by atoms with Gasteiger partial charge >= 0.3 is 5.97 Å². The number of aliphatic hydroxyl groups excluding tert-OH is 5. The van der Waals surface area contributed by atoms with E-state index in [1.54, 1.807) is 6.07 Å². The molecule has 10 atom stereocenters. The van der Waals surface area contributed by atoms with Crippen molar-refractivity contribution in [1.29, 1.82) is 0 Å². The van der Waals surface area contributed by atoms with Crippen molar-refractivity contribution in [3.63, 3.8) is 0 Å². The summed E-state index contributed by atoms with van der Waals surface area (Å²) in [5, 5.41) is 90.5. The first-order valence-electron chi connectivity index (χ1n) is 13.7. The van der Waals surface area contributed by atoms with Gasteiger partial charge in [-0.05, 0) is 54.8 Å².